The number of hydrogen-bond acceptors (Lipinski definition) is 6. The number of piperidine rings is 1. The molecule has 0 aliphatic carbocycles. The quantitative estimate of drug-likeness (QED) is 0.522. The van der Waals surface area contributed by atoms with Crippen LogP contribution in [0.2, 0.25) is 0 Å². The number of benzene rings is 1. The van der Waals surface area contributed by atoms with E-state index in [2.05, 4.69) is 0 Å². The van der Waals surface area contributed by atoms with Gasteiger partial charge in [0.2, 0.25) is 0 Å². The number of carbonyl (C=O) groups excluding carboxylic acids is 1. The molecule has 1 aromatic carbocycles. The number of nitrogens with zero attached hydrogens (tertiary/aromatic N) is 2. The third kappa shape index (κ3) is 3.68. The first-order valence-corrected chi connectivity index (χ1v) is 7.64. The van der Waals surface area contributed by atoms with Gasteiger partial charge >= 0.3 is 5.97 Å². The number of non-ortho nitro benzene ring substituents is 1. The zero-order valence-electron chi connectivity index (χ0n) is 13.8. The Kier molecular flexibility index (Phi) is 5.01. The van der Waals surface area contributed by atoms with E-state index in [0.29, 0.717) is 29.5 Å². The molecule has 2 atom stereocenters. The maximum absolute atomic E-state index is 12.5. The smallest absolute Gasteiger partial charge is 0.338 e. The number of nitro groups is 1. The third-order valence-electron chi connectivity index (χ3n) is 4.32. The fourth-order valence-corrected chi connectivity index (χ4v) is 3.18. The van der Waals surface area contributed by atoms with E-state index in [4.69, 9.17) is 4.74 Å². The standard InChI is InChI=1S/C16H22N2O5/c1-9-5-13(18(21)22)6-10(2)15(9)16(19)23-14-7-11(3)17(20)12(4)8-14/h5-6,11-12,14,20H,7-8H2,1-4H3. The molecule has 1 heterocycles. The Hall–Kier alpha value is -1.99. The van der Waals surface area contributed by atoms with Crippen LogP contribution in [-0.2, 0) is 4.74 Å². The first-order chi connectivity index (χ1) is 10.7. The van der Waals surface area contributed by atoms with Crippen molar-refractivity contribution >= 4 is 11.7 Å². The molecular weight excluding hydrogens is 300 g/mol. The van der Waals surface area contributed by atoms with Crippen LogP contribution in [0.15, 0.2) is 12.1 Å². The summed E-state index contributed by atoms with van der Waals surface area (Å²) in [5.41, 5.74) is 1.40. The lowest BCUT2D eigenvalue weighted by Gasteiger charge is -2.37. The molecule has 0 bridgehead atoms. The molecule has 1 aliphatic rings. The summed E-state index contributed by atoms with van der Waals surface area (Å²) in [5, 5.41) is 22.0. The summed E-state index contributed by atoms with van der Waals surface area (Å²) in [5.74, 6) is -0.467. The number of esters is 1. The van der Waals surface area contributed by atoms with E-state index in [1.54, 1.807) is 13.8 Å². The molecule has 1 aliphatic heterocycles. The van der Waals surface area contributed by atoms with Gasteiger partial charge in [-0.1, -0.05) is 0 Å². The van der Waals surface area contributed by atoms with Gasteiger partial charge in [0.25, 0.3) is 5.69 Å². The average molecular weight is 322 g/mol. The number of carbonyl (C=O) groups is 1. The van der Waals surface area contributed by atoms with Gasteiger partial charge < -0.3 is 9.94 Å². The van der Waals surface area contributed by atoms with Crippen molar-refractivity contribution in [3.63, 3.8) is 0 Å². The number of ether oxygens (including phenoxy) is 1. The van der Waals surface area contributed by atoms with Gasteiger partial charge in [0.05, 0.1) is 10.5 Å². The molecule has 0 amide bonds. The first kappa shape index (κ1) is 17.4. The predicted octanol–water partition coefficient (Wildman–Crippen LogP) is 3.00. The van der Waals surface area contributed by atoms with E-state index < -0.39 is 10.9 Å². The van der Waals surface area contributed by atoms with Crippen molar-refractivity contribution in [2.75, 3.05) is 0 Å². The highest BCUT2D eigenvalue weighted by atomic mass is 16.6. The normalized spacial score (nSPS) is 25.2. The highest BCUT2D eigenvalue weighted by molar-refractivity contribution is 5.93. The molecule has 0 saturated carbocycles. The summed E-state index contributed by atoms with van der Waals surface area (Å²) < 4.78 is 5.58. The number of hydroxylamine groups is 2. The lowest BCUT2D eigenvalue weighted by molar-refractivity contribution is -0.385. The zero-order chi connectivity index (χ0) is 17.3. The molecule has 1 fully saturated rings. The van der Waals surface area contributed by atoms with Crippen LogP contribution < -0.4 is 0 Å². The topological polar surface area (TPSA) is 92.9 Å². The summed E-state index contributed by atoms with van der Waals surface area (Å²) in [6.07, 6.45) is 0.833. The van der Waals surface area contributed by atoms with Crippen LogP contribution in [0.3, 0.4) is 0 Å². The van der Waals surface area contributed by atoms with Crippen molar-refractivity contribution in [3.05, 3.63) is 38.9 Å². The van der Waals surface area contributed by atoms with Crippen molar-refractivity contribution in [2.24, 2.45) is 0 Å². The Morgan fingerprint density at radius 1 is 1.26 bits per heavy atom. The van der Waals surface area contributed by atoms with Crippen molar-refractivity contribution in [1.82, 2.24) is 5.06 Å². The van der Waals surface area contributed by atoms with Crippen LogP contribution in [0.25, 0.3) is 0 Å². The van der Waals surface area contributed by atoms with Gasteiger partial charge in [-0.05, 0) is 38.8 Å². The molecular formula is C16H22N2O5. The number of nitro benzene ring substituents is 1. The summed E-state index contributed by atoms with van der Waals surface area (Å²) in [6, 6.07) is 2.59. The Morgan fingerprint density at radius 2 is 1.74 bits per heavy atom. The van der Waals surface area contributed by atoms with Gasteiger partial charge in [0.1, 0.15) is 6.10 Å². The van der Waals surface area contributed by atoms with Crippen LogP contribution >= 0.6 is 0 Å². The summed E-state index contributed by atoms with van der Waals surface area (Å²) in [6.45, 7) is 7.08. The van der Waals surface area contributed by atoms with E-state index in [-0.39, 0.29) is 23.9 Å². The number of rotatable bonds is 3. The molecule has 1 aromatic rings. The monoisotopic (exact) mass is 322 g/mol. The molecule has 126 valence electrons. The highest BCUT2D eigenvalue weighted by Gasteiger charge is 2.32. The average Bonchev–Trinajstić information content (AvgIpc) is 2.43. The van der Waals surface area contributed by atoms with E-state index >= 15 is 0 Å². The molecule has 7 heteroatoms. The van der Waals surface area contributed by atoms with Gasteiger partial charge in [0.15, 0.2) is 0 Å². The number of aryl methyl sites for hydroxylation is 2. The lowest BCUT2D eigenvalue weighted by Crippen LogP contribution is -2.47. The molecule has 2 rings (SSSR count). The van der Waals surface area contributed by atoms with Crippen LogP contribution in [0.5, 0.6) is 0 Å². The highest BCUT2D eigenvalue weighted by Crippen LogP contribution is 2.27. The maximum atomic E-state index is 12.5. The van der Waals surface area contributed by atoms with Crippen molar-refractivity contribution in [3.8, 4) is 0 Å². The Morgan fingerprint density at radius 3 is 2.17 bits per heavy atom. The van der Waals surface area contributed by atoms with E-state index in [1.807, 2.05) is 13.8 Å². The molecule has 1 saturated heterocycles. The first-order valence-electron chi connectivity index (χ1n) is 7.64. The van der Waals surface area contributed by atoms with E-state index in [0.717, 1.165) is 0 Å². The van der Waals surface area contributed by atoms with Crippen LogP contribution in [0, 0.1) is 24.0 Å². The van der Waals surface area contributed by atoms with E-state index in [9.17, 15) is 20.1 Å². The largest absolute Gasteiger partial charge is 0.459 e. The third-order valence-corrected chi connectivity index (χ3v) is 4.32. The second kappa shape index (κ2) is 6.64. The Labute approximate surface area is 135 Å². The minimum atomic E-state index is -0.477. The van der Waals surface area contributed by atoms with Crippen molar-refractivity contribution in [1.29, 1.82) is 0 Å². The van der Waals surface area contributed by atoms with Crippen LogP contribution in [-0.4, -0.2) is 39.4 Å². The lowest BCUT2D eigenvalue weighted by atomic mass is 9.96. The van der Waals surface area contributed by atoms with Crippen molar-refractivity contribution in [2.45, 2.75) is 58.7 Å². The Bertz CT molecular complexity index is 596. The van der Waals surface area contributed by atoms with Gasteiger partial charge in [-0.25, -0.2) is 4.79 Å². The molecule has 0 radical (unpaired) electrons. The second-order valence-corrected chi connectivity index (χ2v) is 6.29. The summed E-state index contributed by atoms with van der Waals surface area (Å²) in [7, 11) is 0. The molecule has 2 unspecified atom stereocenters. The molecule has 7 nitrogen and oxygen atoms in total. The molecule has 0 spiro atoms. The van der Waals surface area contributed by atoms with Crippen LogP contribution in [0.1, 0.15) is 48.2 Å². The molecule has 0 aromatic heterocycles. The fourth-order valence-electron chi connectivity index (χ4n) is 3.18. The SMILES string of the molecule is Cc1cc([N+](=O)[O-])cc(C)c1C(=O)OC1CC(C)N(O)C(C)C1. The van der Waals surface area contributed by atoms with Gasteiger partial charge in [0, 0.05) is 37.1 Å². The minimum absolute atomic E-state index is 0.0348. The van der Waals surface area contributed by atoms with Gasteiger partial charge in [-0.3, -0.25) is 10.1 Å². The number of hydrogen-bond donors (Lipinski definition) is 1. The van der Waals surface area contributed by atoms with Gasteiger partial charge in [-0.15, -0.1) is 0 Å². The minimum Gasteiger partial charge on any atom is -0.459 e. The summed E-state index contributed by atoms with van der Waals surface area (Å²) in [4.78, 5) is 22.9. The second-order valence-electron chi connectivity index (χ2n) is 6.29. The maximum Gasteiger partial charge on any atom is 0.338 e. The Balaban J connectivity index is 2.17. The van der Waals surface area contributed by atoms with E-state index in [1.165, 1.54) is 17.2 Å². The van der Waals surface area contributed by atoms with Crippen LogP contribution in [0.4, 0.5) is 5.69 Å². The van der Waals surface area contributed by atoms with Gasteiger partial charge in [-0.2, -0.15) is 5.06 Å². The van der Waals surface area contributed by atoms with Crippen molar-refractivity contribution < 1.29 is 19.7 Å². The zero-order valence-corrected chi connectivity index (χ0v) is 13.8. The predicted molar refractivity (Wildman–Crippen MR) is 83.6 cm³/mol. The summed E-state index contributed by atoms with van der Waals surface area (Å²) >= 11 is 0. The molecule has 23 heavy (non-hydrogen) atoms. The molecule has 1 N–H and O–H groups in total. The fraction of sp³-hybridized carbons (Fsp3) is 0.562.